The van der Waals surface area contributed by atoms with Crippen LogP contribution in [0.4, 0.5) is 0 Å². The molecular formula is C12H24. The second-order valence-electron chi connectivity index (χ2n) is 4.35. The maximum Gasteiger partial charge on any atom is -0.0297 e. The van der Waals surface area contributed by atoms with Crippen LogP contribution >= 0.6 is 0 Å². The predicted molar refractivity (Wildman–Crippen MR) is 55.3 cm³/mol. The highest BCUT2D eigenvalue weighted by Gasteiger charge is 2.44. The van der Waals surface area contributed by atoms with Crippen molar-refractivity contribution in [3.05, 3.63) is 0 Å². The highest BCUT2D eigenvalue weighted by atomic mass is 14.5. The lowest BCUT2D eigenvalue weighted by Gasteiger charge is -2.27. The predicted octanol–water partition coefficient (Wildman–Crippen LogP) is 4.39. The second kappa shape index (κ2) is 4.30. The Labute approximate surface area is 77.7 Å². The molecule has 72 valence electrons. The molecule has 0 heterocycles. The average molecular weight is 168 g/mol. The van der Waals surface area contributed by atoms with Gasteiger partial charge in [0.05, 0.1) is 0 Å². The summed E-state index contributed by atoms with van der Waals surface area (Å²) in [7, 11) is 0. The van der Waals surface area contributed by atoms with Crippen LogP contribution in [0.5, 0.6) is 0 Å². The third-order valence-corrected chi connectivity index (χ3v) is 3.70. The molecule has 2 fully saturated rings. The summed E-state index contributed by atoms with van der Waals surface area (Å²) in [5.74, 6) is 1.09. The van der Waals surface area contributed by atoms with Gasteiger partial charge in [-0.25, -0.2) is 0 Å². The maximum atomic E-state index is 2.34. The van der Waals surface area contributed by atoms with Gasteiger partial charge >= 0.3 is 0 Å². The summed E-state index contributed by atoms with van der Waals surface area (Å²) in [6.45, 7) is 6.34. The largest absolute Gasteiger partial charge is 0.0683 e. The van der Waals surface area contributed by atoms with Crippen molar-refractivity contribution in [3.63, 3.8) is 0 Å². The van der Waals surface area contributed by atoms with E-state index in [1.807, 2.05) is 13.8 Å². The third-order valence-electron chi connectivity index (χ3n) is 3.70. The fourth-order valence-electron chi connectivity index (χ4n) is 2.37. The van der Waals surface area contributed by atoms with E-state index in [0.717, 1.165) is 11.3 Å². The molecule has 0 aliphatic heterocycles. The zero-order valence-corrected chi connectivity index (χ0v) is 9.03. The van der Waals surface area contributed by atoms with Gasteiger partial charge in [-0.1, -0.05) is 27.2 Å². The van der Waals surface area contributed by atoms with E-state index in [9.17, 15) is 0 Å². The van der Waals surface area contributed by atoms with Crippen LogP contribution in [-0.2, 0) is 0 Å². The van der Waals surface area contributed by atoms with Crippen LogP contribution in [-0.4, -0.2) is 0 Å². The maximum absolute atomic E-state index is 2.34. The zero-order chi connectivity index (χ0) is 9.03. The van der Waals surface area contributed by atoms with Gasteiger partial charge in [-0.2, -0.15) is 0 Å². The van der Waals surface area contributed by atoms with E-state index in [4.69, 9.17) is 0 Å². The molecule has 2 rings (SSSR count). The lowest BCUT2D eigenvalue weighted by Crippen LogP contribution is -2.14. The summed E-state index contributed by atoms with van der Waals surface area (Å²) in [6.07, 6.45) is 10.7. The Hall–Kier alpha value is 0. The first-order chi connectivity index (χ1) is 5.85. The lowest BCUT2D eigenvalue weighted by atomic mass is 9.79. The van der Waals surface area contributed by atoms with Gasteiger partial charge < -0.3 is 0 Å². The van der Waals surface area contributed by atoms with Crippen molar-refractivity contribution in [1.29, 1.82) is 0 Å². The molecule has 0 bridgehead atoms. The molecule has 0 nitrogen and oxygen atoms in total. The van der Waals surface area contributed by atoms with Crippen LogP contribution in [0.1, 0.15) is 65.7 Å². The van der Waals surface area contributed by atoms with Crippen molar-refractivity contribution in [1.82, 2.24) is 0 Å². The normalized spacial score (nSPS) is 26.2. The number of hydrogen-bond acceptors (Lipinski definition) is 0. The van der Waals surface area contributed by atoms with E-state index >= 15 is 0 Å². The smallest absolute Gasteiger partial charge is 0.0297 e. The van der Waals surface area contributed by atoms with Crippen molar-refractivity contribution in [3.8, 4) is 0 Å². The number of hydrogen-bond donors (Lipinski definition) is 0. The van der Waals surface area contributed by atoms with Gasteiger partial charge in [-0.05, 0) is 49.9 Å². The molecule has 12 heavy (non-hydrogen) atoms. The Morgan fingerprint density at radius 1 is 1.00 bits per heavy atom. The molecule has 0 radical (unpaired) electrons. The summed E-state index contributed by atoms with van der Waals surface area (Å²) in [5.41, 5.74) is 0.908. The Bertz CT molecular complexity index is 112. The van der Waals surface area contributed by atoms with Crippen molar-refractivity contribution >= 4 is 0 Å². The van der Waals surface area contributed by atoms with Crippen LogP contribution in [0.2, 0.25) is 0 Å². The fourth-order valence-corrected chi connectivity index (χ4v) is 2.37. The van der Waals surface area contributed by atoms with Gasteiger partial charge in [-0.15, -0.1) is 0 Å². The van der Waals surface area contributed by atoms with Crippen LogP contribution in [0.3, 0.4) is 0 Å². The van der Waals surface area contributed by atoms with E-state index in [0.29, 0.717) is 0 Å². The van der Waals surface area contributed by atoms with Gasteiger partial charge in [0, 0.05) is 0 Å². The Kier molecular flexibility index (Phi) is 3.61. The average Bonchev–Trinajstić information content (AvgIpc) is 2.90. The quantitative estimate of drug-likeness (QED) is 0.544. The summed E-state index contributed by atoms with van der Waals surface area (Å²) in [4.78, 5) is 0. The van der Waals surface area contributed by atoms with Crippen molar-refractivity contribution in [2.75, 3.05) is 0 Å². The molecule has 0 aromatic rings. The molecule has 1 spiro atoms. The molecular weight excluding hydrogens is 144 g/mol. The minimum atomic E-state index is 0.908. The minimum absolute atomic E-state index is 0.908. The van der Waals surface area contributed by atoms with E-state index < -0.39 is 0 Å². The highest BCUT2D eigenvalue weighted by Crippen LogP contribution is 2.57. The van der Waals surface area contributed by atoms with E-state index in [1.54, 1.807) is 25.7 Å². The zero-order valence-electron chi connectivity index (χ0n) is 9.03. The van der Waals surface area contributed by atoms with Gasteiger partial charge in [0.25, 0.3) is 0 Å². The first-order valence-corrected chi connectivity index (χ1v) is 5.85. The van der Waals surface area contributed by atoms with E-state index in [2.05, 4.69) is 6.92 Å². The van der Waals surface area contributed by atoms with Crippen LogP contribution < -0.4 is 0 Å². The standard InChI is InChI=1S/C10H18.C2H6/c1-2-9-3-5-10(6-4-9)7-8-10;1-2/h9H,2-8H2,1H3;1-2H3. The van der Waals surface area contributed by atoms with Gasteiger partial charge in [0.15, 0.2) is 0 Å². The summed E-state index contributed by atoms with van der Waals surface area (Å²) >= 11 is 0. The molecule has 0 aromatic carbocycles. The molecule has 0 atom stereocenters. The Balaban J connectivity index is 0.000000336. The van der Waals surface area contributed by atoms with E-state index in [1.165, 1.54) is 19.3 Å². The first-order valence-electron chi connectivity index (χ1n) is 5.85. The fraction of sp³-hybridized carbons (Fsp3) is 1.00. The topological polar surface area (TPSA) is 0 Å². The molecule has 0 heteroatoms. The highest BCUT2D eigenvalue weighted by molar-refractivity contribution is 4.95. The van der Waals surface area contributed by atoms with Gasteiger partial charge in [-0.3, -0.25) is 0 Å². The Morgan fingerprint density at radius 3 is 1.83 bits per heavy atom. The van der Waals surface area contributed by atoms with Crippen LogP contribution in [0.15, 0.2) is 0 Å². The first kappa shape index (κ1) is 10.1. The monoisotopic (exact) mass is 168 g/mol. The van der Waals surface area contributed by atoms with Crippen molar-refractivity contribution < 1.29 is 0 Å². The molecule has 0 aromatic heterocycles. The summed E-state index contributed by atoms with van der Waals surface area (Å²) in [5, 5.41) is 0. The Morgan fingerprint density at radius 2 is 1.50 bits per heavy atom. The summed E-state index contributed by atoms with van der Waals surface area (Å²) < 4.78 is 0. The van der Waals surface area contributed by atoms with Gasteiger partial charge in [0.2, 0.25) is 0 Å². The third kappa shape index (κ3) is 2.24. The minimum Gasteiger partial charge on any atom is -0.0683 e. The summed E-state index contributed by atoms with van der Waals surface area (Å²) in [6, 6.07) is 0. The second-order valence-corrected chi connectivity index (χ2v) is 4.35. The van der Waals surface area contributed by atoms with E-state index in [-0.39, 0.29) is 0 Å². The molecule has 0 unspecified atom stereocenters. The van der Waals surface area contributed by atoms with Crippen LogP contribution in [0.25, 0.3) is 0 Å². The van der Waals surface area contributed by atoms with Gasteiger partial charge in [0.1, 0.15) is 0 Å². The van der Waals surface area contributed by atoms with Crippen molar-refractivity contribution in [2.24, 2.45) is 11.3 Å². The SMILES string of the molecule is CC.CCC1CCC2(CC1)CC2. The number of rotatable bonds is 1. The van der Waals surface area contributed by atoms with Crippen LogP contribution in [0, 0.1) is 11.3 Å². The molecule has 2 aliphatic rings. The molecule has 2 aliphatic carbocycles. The molecule has 2 saturated carbocycles. The molecule has 0 saturated heterocycles. The lowest BCUT2D eigenvalue weighted by molar-refractivity contribution is 0.252. The molecule has 0 N–H and O–H groups in total. The van der Waals surface area contributed by atoms with Crippen molar-refractivity contribution in [2.45, 2.75) is 65.7 Å². The molecule has 0 amide bonds.